The molecule has 0 bridgehead atoms. The summed E-state index contributed by atoms with van der Waals surface area (Å²) in [4.78, 5) is 12.6. The average molecular weight is 436 g/mol. The van der Waals surface area contributed by atoms with E-state index in [4.69, 9.17) is 0 Å². The maximum absolute atomic E-state index is 14.1. The van der Waals surface area contributed by atoms with Crippen LogP contribution in [0.5, 0.6) is 0 Å². The first kappa shape index (κ1) is 24.0. The molecule has 1 amide bonds. The number of carbonyl (C=O) groups excluding carboxylic acids is 1. The van der Waals surface area contributed by atoms with E-state index in [1.807, 2.05) is 27.7 Å². The highest BCUT2D eigenvalue weighted by Crippen LogP contribution is 2.30. The fourth-order valence-corrected chi connectivity index (χ4v) is 4.39. The van der Waals surface area contributed by atoms with Crippen LogP contribution >= 0.6 is 0 Å². The van der Waals surface area contributed by atoms with Gasteiger partial charge in [0, 0.05) is 0 Å². The van der Waals surface area contributed by atoms with Gasteiger partial charge in [-0.3, -0.25) is 4.79 Å². The molecule has 2 aromatic carbocycles. The van der Waals surface area contributed by atoms with Crippen molar-refractivity contribution in [2.45, 2.75) is 70.3 Å². The summed E-state index contributed by atoms with van der Waals surface area (Å²) in [6, 6.07) is 8.64. The highest BCUT2D eigenvalue weighted by atomic mass is 32.2. The van der Waals surface area contributed by atoms with Crippen molar-refractivity contribution in [2.75, 3.05) is 0 Å². The van der Waals surface area contributed by atoms with Crippen LogP contribution < -0.4 is 4.72 Å². The number of amides is 1. The van der Waals surface area contributed by atoms with Gasteiger partial charge in [0.1, 0.15) is 5.82 Å². The molecule has 7 heteroatoms. The molecule has 164 valence electrons. The smallest absolute Gasteiger partial charge is 0.264 e. The van der Waals surface area contributed by atoms with Crippen molar-refractivity contribution in [1.29, 1.82) is 0 Å². The molecule has 2 aromatic rings. The van der Waals surface area contributed by atoms with E-state index in [2.05, 4.69) is 4.72 Å². The van der Waals surface area contributed by atoms with Gasteiger partial charge in [-0.1, -0.05) is 39.8 Å². The van der Waals surface area contributed by atoms with Crippen LogP contribution in [0.3, 0.4) is 0 Å². The van der Waals surface area contributed by atoms with E-state index in [-0.39, 0.29) is 29.0 Å². The summed E-state index contributed by atoms with van der Waals surface area (Å²) in [6.07, 6.45) is -0.175. The molecule has 0 fully saturated rings. The third-order valence-corrected chi connectivity index (χ3v) is 6.33. The Hall–Kier alpha value is -2.25. The summed E-state index contributed by atoms with van der Waals surface area (Å²) in [5.74, 6) is -1.12. The molecule has 0 radical (unpaired) electrons. The van der Waals surface area contributed by atoms with E-state index in [1.54, 1.807) is 19.9 Å². The van der Waals surface area contributed by atoms with Crippen molar-refractivity contribution in [3.8, 4) is 0 Å². The van der Waals surface area contributed by atoms with Crippen LogP contribution in [0.1, 0.15) is 75.6 Å². The van der Waals surface area contributed by atoms with Crippen molar-refractivity contribution < 1.29 is 22.7 Å². The Balaban J connectivity index is 2.36. The van der Waals surface area contributed by atoms with E-state index in [0.717, 1.165) is 0 Å². The molecule has 0 aliphatic carbocycles. The second-order valence-corrected chi connectivity index (χ2v) is 10.3. The van der Waals surface area contributed by atoms with E-state index >= 15 is 0 Å². The van der Waals surface area contributed by atoms with E-state index in [0.29, 0.717) is 22.3 Å². The zero-order valence-corrected chi connectivity index (χ0v) is 19.1. The van der Waals surface area contributed by atoms with Gasteiger partial charge in [-0.15, -0.1) is 0 Å². The van der Waals surface area contributed by atoms with Crippen LogP contribution in [-0.4, -0.2) is 19.4 Å². The monoisotopic (exact) mass is 435 g/mol. The van der Waals surface area contributed by atoms with Gasteiger partial charge < -0.3 is 5.11 Å². The Labute approximate surface area is 178 Å². The third kappa shape index (κ3) is 5.67. The van der Waals surface area contributed by atoms with Gasteiger partial charge in [-0.25, -0.2) is 17.5 Å². The lowest BCUT2D eigenvalue weighted by atomic mass is 9.87. The minimum absolute atomic E-state index is 0.0268. The van der Waals surface area contributed by atoms with Crippen molar-refractivity contribution in [2.24, 2.45) is 0 Å². The fraction of sp³-hybridized carbons (Fsp3) is 0.435. The van der Waals surface area contributed by atoms with Gasteiger partial charge in [-0.2, -0.15) is 0 Å². The van der Waals surface area contributed by atoms with E-state index in [9.17, 15) is 22.7 Å². The molecule has 0 saturated carbocycles. The quantitative estimate of drug-likeness (QED) is 0.677. The first-order chi connectivity index (χ1) is 13.7. The minimum atomic E-state index is -4.12. The maximum atomic E-state index is 14.1. The Bertz CT molecular complexity index is 1010. The Morgan fingerprint density at radius 2 is 1.60 bits per heavy atom. The highest BCUT2D eigenvalue weighted by Gasteiger charge is 2.24. The van der Waals surface area contributed by atoms with Crippen LogP contribution in [0.2, 0.25) is 0 Å². The van der Waals surface area contributed by atoms with E-state index < -0.39 is 21.5 Å². The number of sulfonamides is 1. The third-order valence-electron chi connectivity index (χ3n) is 4.96. The van der Waals surface area contributed by atoms with Crippen LogP contribution in [0.4, 0.5) is 4.39 Å². The number of nitrogens with one attached hydrogen (secondary N) is 1. The number of benzene rings is 2. The Morgan fingerprint density at radius 3 is 2.07 bits per heavy atom. The molecule has 0 aromatic heterocycles. The standard InChI is InChI=1S/C23H30FNO4S/c1-14(2)19-11-17(24)12-20(15(3)4)21(19)13-22(26)25-30(28,29)18-9-7-8-16(10-18)23(5,6)27/h7-12,14-15,27H,13H2,1-6H3,(H,25,26). The summed E-state index contributed by atoms with van der Waals surface area (Å²) in [7, 11) is -4.12. The van der Waals surface area contributed by atoms with Gasteiger partial charge in [0.05, 0.1) is 16.9 Å². The molecule has 0 unspecified atom stereocenters. The second-order valence-electron chi connectivity index (χ2n) is 8.66. The molecule has 0 heterocycles. The molecule has 30 heavy (non-hydrogen) atoms. The predicted molar refractivity (Wildman–Crippen MR) is 115 cm³/mol. The maximum Gasteiger partial charge on any atom is 0.264 e. The van der Waals surface area contributed by atoms with Crippen LogP contribution in [-0.2, 0) is 26.8 Å². The summed E-state index contributed by atoms with van der Waals surface area (Å²) in [5.41, 5.74) is 1.23. The summed E-state index contributed by atoms with van der Waals surface area (Å²) in [5, 5.41) is 10.1. The molecule has 0 saturated heterocycles. The number of hydrogen-bond acceptors (Lipinski definition) is 4. The number of carbonyl (C=O) groups is 1. The normalized spacial score (nSPS) is 12.5. The molecular weight excluding hydrogens is 405 g/mol. The molecule has 0 aliphatic heterocycles. The Kier molecular flexibility index (Phi) is 7.09. The van der Waals surface area contributed by atoms with Gasteiger partial charge in [-0.05, 0) is 72.2 Å². The number of hydrogen-bond donors (Lipinski definition) is 2. The van der Waals surface area contributed by atoms with Crippen molar-refractivity contribution in [3.63, 3.8) is 0 Å². The SMILES string of the molecule is CC(C)c1cc(F)cc(C(C)C)c1CC(=O)NS(=O)(=O)c1cccc(C(C)(C)O)c1. The Morgan fingerprint density at radius 1 is 1.07 bits per heavy atom. The van der Waals surface area contributed by atoms with Gasteiger partial charge in [0.2, 0.25) is 5.91 Å². The summed E-state index contributed by atoms with van der Waals surface area (Å²) < 4.78 is 41.6. The number of aliphatic hydroxyl groups is 1. The highest BCUT2D eigenvalue weighted by molar-refractivity contribution is 7.90. The molecule has 5 nitrogen and oxygen atoms in total. The lowest BCUT2D eigenvalue weighted by Gasteiger charge is -2.20. The van der Waals surface area contributed by atoms with Crippen LogP contribution in [0, 0.1) is 5.82 Å². The minimum Gasteiger partial charge on any atom is -0.386 e. The van der Waals surface area contributed by atoms with Gasteiger partial charge >= 0.3 is 0 Å². The number of rotatable bonds is 7. The first-order valence-corrected chi connectivity index (χ1v) is 11.4. The number of halogens is 1. The lowest BCUT2D eigenvalue weighted by molar-refractivity contribution is -0.118. The topological polar surface area (TPSA) is 83.5 Å². The van der Waals surface area contributed by atoms with Crippen LogP contribution in [0.15, 0.2) is 41.3 Å². The summed E-state index contributed by atoms with van der Waals surface area (Å²) in [6.45, 7) is 10.7. The molecule has 0 atom stereocenters. The van der Waals surface area contributed by atoms with Crippen molar-refractivity contribution in [1.82, 2.24) is 4.72 Å². The zero-order chi connectivity index (χ0) is 22.9. The zero-order valence-electron chi connectivity index (χ0n) is 18.3. The van der Waals surface area contributed by atoms with Gasteiger partial charge in [0.25, 0.3) is 10.0 Å². The fourth-order valence-electron chi connectivity index (χ4n) is 3.36. The predicted octanol–water partition coefficient (Wildman–Crippen LogP) is 4.35. The van der Waals surface area contributed by atoms with Crippen LogP contribution in [0.25, 0.3) is 0 Å². The molecule has 0 spiro atoms. The van der Waals surface area contributed by atoms with Crippen molar-refractivity contribution in [3.05, 3.63) is 64.5 Å². The first-order valence-electron chi connectivity index (χ1n) is 9.93. The van der Waals surface area contributed by atoms with Crippen molar-refractivity contribution >= 4 is 15.9 Å². The largest absolute Gasteiger partial charge is 0.386 e. The average Bonchev–Trinajstić information content (AvgIpc) is 2.61. The van der Waals surface area contributed by atoms with E-state index in [1.165, 1.54) is 30.3 Å². The second kappa shape index (κ2) is 8.86. The van der Waals surface area contributed by atoms with Gasteiger partial charge in [0.15, 0.2) is 0 Å². The molecular formula is C23H30FNO4S. The molecule has 2 N–H and O–H groups in total. The summed E-state index contributed by atoms with van der Waals surface area (Å²) >= 11 is 0. The molecule has 2 rings (SSSR count). The molecule has 0 aliphatic rings. The lowest BCUT2D eigenvalue weighted by Crippen LogP contribution is -2.32.